The van der Waals surface area contributed by atoms with Crippen molar-refractivity contribution >= 4 is 16.6 Å². The van der Waals surface area contributed by atoms with Gasteiger partial charge in [0.2, 0.25) is 0 Å². The van der Waals surface area contributed by atoms with Crippen LogP contribution in [0, 0.1) is 0 Å². The van der Waals surface area contributed by atoms with Gasteiger partial charge in [0.05, 0.1) is 0 Å². The van der Waals surface area contributed by atoms with E-state index in [0.29, 0.717) is 0 Å². The number of fused-ring (bicyclic) bond motifs is 3. The molecule has 2 aromatic rings. The molecular weight excluding hydrogens is 186 g/mol. The van der Waals surface area contributed by atoms with Crippen molar-refractivity contribution < 1.29 is 0 Å². The smallest absolute Gasteiger partial charge is 0.0480 e. The number of hydrogen-bond acceptors (Lipinski definition) is 2. The molecule has 1 aromatic heterocycles. The molecule has 0 bridgehead atoms. The van der Waals surface area contributed by atoms with E-state index in [0.717, 1.165) is 25.2 Å². The van der Waals surface area contributed by atoms with Crippen LogP contribution in [0.4, 0.5) is 5.69 Å². The van der Waals surface area contributed by atoms with Crippen LogP contribution in [0.3, 0.4) is 0 Å². The van der Waals surface area contributed by atoms with Gasteiger partial charge in [0.1, 0.15) is 0 Å². The van der Waals surface area contributed by atoms with E-state index in [1.807, 2.05) is 12.1 Å². The minimum absolute atomic E-state index is 0.898. The normalized spacial score (nSPS) is 16.9. The van der Waals surface area contributed by atoms with Crippen LogP contribution in [-0.2, 0) is 13.0 Å². The number of nitrogens with zero attached hydrogens (tertiary/aromatic N) is 1. The van der Waals surface area contributed by atoms with Gasteiger partial charge in [-0.2, -0.15) is 0 Å². The first-order chi connectivity index (χ1) is 7.25. The summed E-state index contributed by atoms with van der Waals surface area (Å²) < 4.78 is 0. The lowest BCUT2D eigenvalue weighted by Gasteiger charge is -2.22. The summed E-state index contributed by atoms with van der Waals surface area (Å²) in [6.07, 6.45) is 1.10. The van der Waals surface area contributed by atoms with E-state index in [2.05, 4.69) is 23.0 Å². The van der Waals surface area contributed by atoms with Crippen molar-refractivity contribution in [3.63, 3.8) is 0 Å². The van der Waals surface area contributed by atoms with Gasteiger partial charge < -0.3 is 15.6 Å². The van der Waals surface area contributed by atoms with E-state index in [4.69, 9.17) is 5.73 Å². The van der Waals surface area contributed by atoms with Gasteiger partial charge in [-0.15, -0.1) is 0 Å². The molecular formula is C12H15N3. The molecule has 3 rings (SSSR count). The van der Waals surface area contributed by atoms with E-state index in [-0.39, 0.29) is 0 Å². The first kappa shape index (κ1) is 8.80. The standard InChI is InChI=1S/C12H15N3/c1-15-6-5-8-11(7-15)14-10-4-2-3-9(13)12(8)10/h2-4,14H,5-7,13H2,1H3. The van der Waals surface area contributed by atoms with Crippen LogP contribution in [-0.4, -0.2) is 23.5 Å². The average Bonchev–Trinajstić information content (AvgIpc) is 2.56. The Hall–Kier alpha value is -1.48. The van der Waals surface area contributed by atoms with Crippen LogP contribution in [0.5, 0.6) is 0 Å². The maximum atomic E-state index is 6.03. The van der Waals surface area contributed by atoms with Crippen molar-refractivity contribution in [2.75, 3.05) is 19.3 Å². The lowest BCUT2D eigenvalue weighted by molar-refractivity contribution is 0.310. The SMILES string of the molecule is CN1CCc2c([nH]c3cccc(N)c23)C1. The molecule has 78 valence electrons. The Morgan fingerprint density at radius 1 is 1.40 bits per heavy atom. The van der Waals surface area contributed by atoms with Crippen molar-refractivity contribution in [2.24, 2.45) is 0 Å². The summed E-state index contributed by atoms with van der Waals surface area (Å²) in [7, 11) is 2.15. The van der Waals surface area contributed by atoms with Crippen LogP contribution < -0.4 is 5.73 Å². The van der Waals surface area contributed by atoms with Crippen LogP contribution in [0.25, 0.3) is 10.9 Å². The predicted molar refractivity (Wildman–Crippen MR) is 62.7 cm³/mol. The second-order valence-corrected chi connectivity index (χ2v) is 4.34. The number of nitrogens with two attached hydrogens (primary N) is 1. The number of anilines is 1. The fourth-order valence-corrected chi connectivity index (χ4v) is 2.46. The number of hydrogen-bond donors (Lipinski definition) is 2. The molecule has 0 atom stereocenters. The molecule has 0 unspecified atom stereocenters. The molecule has 0 radical (unpaired) electrons. The Morgan fingerprint density at radius 2 is 2.27 bits per heavy atom. The molecule has 0 spiro atoms. The number of nitrogens with one attached hydrogen (secondary N) is 1. The summed E-state index contributed by atoms with van der Waals surface area (Å²) in [6.45, 7) is 2.12. The molecule has 0 aliphatic carbocycles. The van der Waals surface area contributed by atoms with Gasteiger partial charge in [-0.3, -0.25) is 0 Å². The molecule has 3 heteroatoms. The molecule has 0 fully saturated rings. The Labute approximate surface area is 88.9 Å². The minimum atomic E-state index is 0.898. The summed E-state index contributed by atoms with van der Waals surface area (Å²) in [5, 5.41) is 1.24. The van der Waals surface area contributed by atoms with Gasteiger partial charge in [-0.05, 0) is 31.2 Å². The Bertz CT molecular complexity index is 513. The maximum Gasteiger partial charge on any atom is 0.0480 e. The van der Waals surface area contributed by atoms with Gasteiger partial charge >= 0.3 is 0 Å². The largest absolute Gasteiger partial charge is 0.398 e. The van der Waals surface area contributed by atoms with Gasteiger partial charge in [0, 0.05) is 35.4 Å². The van der Waals surface area contributed by atoms with Gasteiger partial charge in [-0.1, -0.05) is 6.07 Å². The topological polar surface area (TPSA) is 45.0 Å². The molecule has 1 aromatic carbocycles. The Kier molecular flexibility index (Phi) is 1.76. The number of benzene rings is 1. The van der Waals surface area contributed by atoms with Crippen molar-refractivity contribution in [2.45, 2.75) is 13.0 Å². The van der Waals surface area contributed by atoms with Crippen LogP contribution >= 0.6 is 0 Å². The number of aromatic amines is 1. The van der Waals surface area contributed by atoms with Gasteiger partial charge in [0.15, 0.2) is 0 Å². The van der Waals surface area contributed by atoms with Gasteiger partial charge in [0.25, 0.3) is 0 Å². The van der Waals surface area contributed by atoms with Crippen LogP contribution in [0.2, 0.25) is 0 Å². The number of rotatable bonds is 0. The monoisotopic (exact) mass is 201 g/mol. The second kappa shape index (κ2) is 3.00. The molecule has 2 heterocycles. The average molecular weight is 201 g/mol. The lowest BCUT2D eigenvalue weighted by Crippen LogP contribution is -2.26. The summed E-state index contributed by atoms with van der Waals surface area (Å²) in [5.41, 5.74) is 10.8. The highest BCUT2D eigenvalue weighted by molar-refractivity contribution is 5.95. The molecule has 0 amide bonds. The molecule has 0 saturated carbocycles. The lowest BCUT2D eigenvalue weighted by atomic mass is 10.0. The minimum Gasteiger partial charge on any atom is -0.398 e. The van der Waals surface area contributed by atoms with E-state index in [9.17, 15) is 0 Å². The molecule has 1 aliphatic heterocycles. The molecule has 3 nitrogen and oxygen atoms in total. The van der Waals surface area contributed by atoms with Crippen molar-refractivity contribution in [3.05, 3.63) is 29.5 Å². The third-order valence-corrected chi connectivity index (χ3v) is 3.22. The fraction of sp³-hybridized carbons (Fsp3) is 0.333. The Morgan fingerprint density at radius 3 is 3.13 bits per heavy atom. The van der Waals surface area contributed by atoms with Crippen molar-refractivity contribution in [1.82, 2.24) is 9.88 Å². The highest BCUT2D eigenvalue weighted by Gasteiger charge is 2.18. The summed E-state index contributed by atoms with van der Waals surface area (Å²) in [6, 6.07) is 6.09. The highest BCUT2D eigenvalue weighted by atomic mass is 15.1. The van der Waals surface area contributed by atoms with Gasteiger partial charge in [-0.25, -0.2) is 0 Å². The zero-order valence-electron chi connectivity index (χ0n) is 8.88. The van der Waals surface area contributed by atoms with E-state index < -0.39 is 0 Å². The third-order valence-electron chi connectivity index (χ3n) is 3.22. The zero-order valence-corrected chi connectivity index (χ0v) is 8.88. The third kappa shape index (κ3) is 1.23. The van der Waals surface area contributed by atoms with E-state index in [1.54, 1.807) is 0 Å². The first-order valence-electron chi connectivity index (χ1n) is 5.32. The fourth-order valence-electron chi connectivity index (χ4n) is 2.46. The molecule has 15 heavy (non-hydrogen) atoms. The molecule has 1 aliphatic rings. The first-order valence-corrected chi connectivity index (χ1v) is 5.32. The quantitative estimate of drug-likeness (QED) is 0.638. The number of likely N-dealkylation sites (N-methyl/N-ethyl adjacent to an activating group) is 1. The van der Waals surface area contributed by atoms with Crippen LogP contribution in [0.1, 0.15) is 11.3 Å². The summed E-state index contributed by atoms with van der Waals surface area (Å²) in [5.74, 6) is 0. The number of nitrogen functional groups attached to an aromatic ring is 1. The second-order valence-electron chi connectivity index (χ2n) is 4.34. The number of H-pyrrole nitrogens is 1. The molecule has 3 N–H and O–H groups in total. The maximum absolute atomic E-state index is 6.03. The van der Waals surface area contributed by atoms with Crippen LogP contribution in [0.15, 0.2) is 18.2 Å². The Balaban J connectivity index is 2.29. The molecule has 0 saturated heterocycles. The highest BCUT2D eigenvalue weighted by Crippen LogP contribution is 2.30. The summed E-state index contributed by atoms with van der Waals surface area (Å²) in [4.78, 5) is 5.79. The van der Waals surface area contributed by atoms with E-state index >= 15 is 0 Å². The van der Waals surface area contributed by atoms with Crippen molar-refractivity contribution in [1.29, 1.82) is 0 Å². The summed E-state index contributed by atoms with van der Waals surface area (Å²) >= 11 is 0. The van der Waals surface area contributed by atoms with E-state index in [1.165, 1.54) is 22.2 Å². The van der Waals surface area contributed by atoms with Crippen molar-refractivity contribution in [3.8, 4) is 0 Å². The number of aromatic nitrogens is 1. The zero-order chi connectivity index (χ0) is 10.4. The predicted octanol–water partition coefficient (Wildman–Crippen LogP) is 1.74.